The van der Waals surface area contributed by atoms with Crippen molar-refractivity contribution in [2.75, 3.05) is 20.3 Å². The smallest absolute Gasteiger partial charge is 0.252 e. The van der Waals surface area contributed by atoms with Gasteiger partial charge in [-0.1, -0.05) is 28.1 Å². The third-order valence-corrected chi connectivity index (χ3v) is 3.23. The molecule has 3 nitrogen and oxygen atoms in total. The van der Waals surface area contributed by atoms with Crippen molar-refractivity contribution in [3.8, 4) is 0 Å². The maximum absolute atomic E-state index is 11.8. The minimum absolute atomic E-state index is 0.0898. The number of methoxy groups -OCH3 is 1. The van der Waals surface area contributed by atoms with E-state index in [4.69, 9.17) is 4.74 Å². The highest BCUT2D eigenvalue weighted by molar-refractivity contribution is 9.10. The van der Waals surface area contributed by atoms with Crippen molar-refractivity contribution in [1.29, 1.82) is 0 Å². The van der Waals surface area contributed by atoms with Gasteiger partial charge >= 0.3 is 0 Å². The number of carbonyl (C=O) groups is 1. The fourth-order valence-electron chi connectivity index (χ4n) is 1.18. The summed E-state index contributed by atoms with van der Waals surface area (Å²) in [6.45, 7) is 1.10. The highest BCUT2D eigenvalue weighted by atomic mass is 79.9. The van der Waals surface area contributed by atoms with Crippen LogP contribution in [0.15, 0.2) is 28.7 Å². The molecule has 1 aromatic carbocycles. The molecule has 88 valence electrons. The standard InChI is InChI=1S/C11H13Br2NO2/c1-16-7-8(12)6-14-11(15)9-4-2-3-5-10(9)13/h2-5,8H,6-7H2,1H3,(H,14,15). The monoisotopic (exact) mass is 349 g/mol. The van der Waals surface area contributed by atoms with Crippen LogP contribution >= 0.6 is 31.9 Å². The molecule has 0 saturated heterocycles. The summed E-state index contributed by atoms with van der Waals surface area (Å²) in [7, 11) is 1.63. The summed E-state index contributed by atoms with van der Waals surface area (Å²) in [6, 6.07) is 7.33. The van der Waals surface area contributed by atoms with Crippen LogP contribution in [0.2, 0.25) is 0 Å². The number of hydrogen-bond donors (Lipinski definition) is 1. The lowest BCUT2D eigenvalue weighted by Gasteiger charge is -2.10. The molecule has 5 heteroatoms. The summed E-state index contributed by atoms with van der Waals surface area (Å²) in [4.78, 5) is 11.9. The number of carbonyl (C=O) groups excluding carboxylic acids is 1. The number of hydrogen-bond acceptors (Lipinski definition) is 2. The minimum atomic E-state index is -0.0898. The first-order valence-corrected chi connectivity index (χ1v) is 6.51. The molecule has 0 heterocycles. The zero-order valence-electron chi connectivity index (χ0n) is 8.87. The highest BCUT2D eigenvalue weighted by Gasteiger charge is 2.10. The number of halogens is 2. The number of alkyl halides is 1. The zero-order chi connectivity index (χ0) is 12.0. The summed E-state index contributed by atoms with van der Waals surface area (Å²) in [5.41, 5.74) is 0.639. The molecule has 16 heavy (non-hydrogen) atoms. The molecule has 0 aliphatic carbocycles. The van der Waals surface area contributed by atoms with Gasteiger partial charge in [-0.3, -0.25) is 4.79 Å². The molecule has 1 atom stereocenters. The molecule has 0 bridgehead atoms. The van der Waals surface area contributed by atoms with Gasteiger partial charge in [0, 0.05) is 18.1 Å². The van der Waals surface area contributed by atoms with Crippen LogP contribution in [0.25, 0.3) is 0 Å². The Kier molecular flexibility index (Phi) is 6.01. The van der Waals surface area contributed by atoms with Crippen molar-refractivity contribution in [2.24, 2.45) is 0 Å². The van der Waals surface area contributed by atoms with Crippen molar-refractivity contribution >= 4 is 37.8 Å². The summed E-state index contributed by atoms with van der Waals surface area (Å²) >= 11 is 6.74. The molecule has 0 spiro atoms. The molecule has 0 fully saturated rings. The van der Waals surface area contributed by atoms with Crippen molar-refractivity contribution in [1.82, 2.24) is 5.32 Å². The molecule has 1 amide bonds. The number of amides is 1. The Morgan fingerprint density at radius 2 is 2.19 bits per heavy atom. The average molecular weight is 351 g/mol. The lowest BCUT2D eigenvalue weighted by Crippen LogP contribution is -2.31. The second kappa shape index (κ2) is 7.04. The van der Waals surface area contributed by atoms with E-state index < -0.39 is 0 Å². The Hall–Kier alpha value is -0.390. The van der Waals surface area contributed by atoms with Crippen molar-refractivity contribution in [3.63, 3.8) is 0 Å². The molecule has 1 rings (SSSR count). The molecule has 0 aliphatic rings. The first-order valence-electron chi connectivity index (χ1n) is 4.81. The van der Waals surface area contributed by atoms with Gasteiger partial charge in [0.05, 0.1) is 17.0 Å². The summed E-state index contributed by atoms with van der Waals surface area (Å²) in [6.07, 6.45) is 0. The normalized spacial score (nSPS) is 12.2. The molecule has 0 aliphatic heterocycles. The Bertz CT molecular complexity index is 358. The van der Waals surface area contributed by atoms with Gasteiger partial charge in [-0.05, 0) is 28.1 Å². The third-order valence-electron chi connectivity index (χ3n) is 1.95. The van der Waals surface area contributed by atoms with E-state index in [2.05, 4.69) is 37.2 Å². The van der Waals surface area contributed by atoms with Crippen LogP contribution in [0.5, 0.6) is 0 Å². The predicted octanol–water partition coefficient (Wildman–Crippen LogP) is 2.59. The molecule has 1 unspecified atom stereocenters. The van der Waals surface area contributed by atoms with Crippen LogP contribution in [0.4, 0.5) is 0 Å². The molecule has 0 radical (unpaired) electrons. The van der Waals surface area contributed by atoms with Crippen LogP contribution in [-0.4, -0.2) is 31.0 Å². The fourth-order valence-corrected chi connectivity index (χ4v) is 2.07. The molecular formula is C11H13Br2NO2. The third kappa shape index (κ3) is 4.23. The number of rotatable bonds is 5. The van der Waals surface area contributed by atoms with E-state index in [9.17, 15) is 4.79 Å². The lowest BCUT2D eigenvalue weighted by atomic mass is 10.2. The van der Waals surface area contributed by atoms with E-state index in [-0.39, 0.29) is 10.7 Å². The van der Waals surface area contributed by atoms with Crippen molar-refractivity contribution in [2.45, 2.75) is 4.83 Å². The van der Waals surface area contributed by atoms with E-state index in [1.165, 1.54) is 0 Å². The second-order valence-electron chi connectivity index (χ2n) is 3.24. The van der Waals surface area contributed by atoms with Crippen molar-refractivity contribution < 1.29 is 9.53 Å². The van der Waals surface area contributed by atoms with Crippen LogP contribution < -0.4 is 5.32 Å². The van der Waals surface area contributed by atoms with Crippen molar-refractivity contribution in [3.05, 3.63) is 34.3 Å². The molecule has 1 N–H and O–H groups in total. The molecular weight excluding hydrogens is 338 g/mol. The maximum Gasteiger partial charge on any atom is 0.252 e. The lowest BCUT2D eigenvalue weighted by molar-refractivity contribution is 0.0949. The fraction of sp³-hybridized carbons (Fsp3) is 0.364. The van der Waals surface area contributed by atoms with E-state index in [1.807, 2.05) is 18.2 Å². The van der Waals surface area contributed by atoms with Gasteiger partial charge in [0.1, 0.15) is 0 Å². The average Bonchev–Trinajstić information content (AvgIpc) is 2.27. The quantitative estimate of drug-likeness (QED) is 0.829. The SMILES string of the molecule is COCC(Br)CNC(=O)c1ccccc1Br. The van der Waals surface area contributed by atoms with Gasteiger partial charge in [0.15, 0.2) is 0 Å². The molecule has 0 aromatic heterocycles. The Morgan fingerprint density at radius 3 is 2.81 bits per heavy atom. The van der Waals surface area contributed by atoms with E-state index in [1.54, 1.807) is 13.2 Å². The molecule has 0 saturated carbocycles. The van der Waals surface area contributed by atoms with Gasteiger partial charge < -0.3 is 10.1 Å². The van der Waals surface area contributed by atoms with Gasteiger partial charge in [0.2, 0.25) is 0 Å². The first kappa shape index (κ1) is 13.7. The Balaban J connectivity index is 2.50. The minimum Gasteiger partial charge on any atom is -0.383 e. The Labute approximate surface area is 112 Å². The zero-order valence-corrected chi connectivity index (χ0v) is 12.0. The number of nitrogens with one attached hydrogen (secondary N) is 1. The topological polar surface area (TPSA) is 38.3 Å². The highest BCUT2D eigenvalue weighted by Crippen LogP contribution is 2.15. The van der Waals surface area contributed by atoms with Gasteiger partial charge in [-0.15, -0.1) is 0 Å². The van der Waals surface area contributed by atoms with Crippen LogP contribution in [0.3, 0.4) is 0 Å². The van der Waals surface area contributed by atoms with Crippen LogP contribution in [-0.2, 0) is 4.74 Å². The maximum atomic E-state index is 11.8. The summed E-state index contributed by atoms with van der Waals surface area (Å²) in [5.74, 6) is -0.0898. The van der Waals surface area contributed by atoms with Gasteiger partial charge in [-0.25, -0.2) is 0 Å². The van der Waals surface area contributed by atoms with E-state index in [0.717, 1.165) is 4.47 Å². The summed E-state index contributed by atoms with van der Waals surface area (Å²) < 4.78 is 5.75. The van der Waals surface area contributed by atoms with E-state index >= 15 is 0 Å². The Morgan fingerprint density at radius 1 is 1.50 bits per heavy atom. The number of benzene rings is 1. The first-order chi connectivity index (χ1) is 7.65. The second-order valence-corrected chi connectivity index (χ2v) is 5.39. The number of ether oxygens (including phenoxy) is 1. The summed E-state index contributed by atoms with van der Waals surface area (Å²) in [5, 5.41) is 2.83. The van der Waals surface area contributed by atoms with Gasteiger partial charge in [-0.2, -0.15) is 0 Å². The van der Waals surface area contributed by atoms with Crippen LogP contribution in [0.1, 0.15) is 10.4 Å². The molecule has 1 aromatic rings. The van der Waals surface area contributed by atoms with Crippen LogP contribution in [0, 0.1) is 0 Å². The largest absolute Gasteiger partial charge is 0.383 e. The van der Waals surface area contributed by atoms with E-state index in [0.29, 0.717) is 18.7 Å². The van der Waals surface area contributed by atoms with Gasteiger partial charge in [0.25, 0.3) is 5.91 Å². The predicted molar refractivity (Wildman–Crippen MR) is 71.1 cm³/mol.